The van der Waals surface area contributed by atoms with Crippen LogP contribution in [0, 0.1) is 5.82 Å². The smallest absolute Gasteiger partial charge is 0.368 e. The third-order valence-corrected chi connectivity index (χ3v) is 8.07. The van der Waals surface area contributed by atoms with Crippen LogP contribution in [-0.2, 0) is 21.0 Å². The number of sulfonamides is 1. The Morgan fingerprint density at radius 2 is 1.54 bits per heavy atom. The predicted octanol–water partition coefficient (Wildman–Crippen LogP) is 5.04. The summed E-state index contributed by atoms with van der Waals surface area (Å²) in [7, 11) is -4.44. The van der Waals surface area contributed by atoms with Gasteiger partial charge in [-0.1, -0.05) is 29.8 Å². The third kappa shape index (κ3) is 5.99. The largest absolute Gasteiger partial charge is 0.416 e. The molecule has 0 saturated carbocycles. The predicted molar refractivity (Wildman–Crippen MR) is 133 cm³/mol. The highest BCUT2D eigenvalue weighted by Gasteiger charge is 2.35. The fourth-order valence-corrected chi connectivity index (χ4v) is 5.70. The topological polar surface area (TPSA) is 60.9 Å². The number of carbonyl (C=O) groups is 1. The van der Waals surface area contributed by atoms with Gasteiger partial charge in [0.05, 0.1) is 21.2 Å². The summed E-state index contributed by atoms with van der Waals surface area (Å²) in [5, 5.41) is -0.249. The van der Waals surface area contributed by atoms with Crippen LogP contribution in [-0.4, -0.2) is 51.9 Å². The number of piperazine rings is 1. The summed E-state index contributed by atoms with van der Waals surface area (Å²) in [5.41, 5.74) is -0.767. The van der Waals surface area contributed by atoms with Gasteiger partial charge in [0.25, 0.3) is 10.0 Å². The van der Waals surface area contributed by atoms with Crippen molar-refractivity contribution in [2.24, 2.45) is 0 Å². The van der Waals surface area contributed by atoms with E-state index < -0.39 is 39.9 Å². The number of alkyl halides is 3. The van der Waals surface area contributed by atoms with Gasteiger partial charge in [-0.2, -0.15) is 13.2 Å². The molecule has 1 aliphatic rings. The van der Waals surface area contributed by atoms with Crippen molar-refractivity contribution in [2.45, 2.75) is 11.1 Å². The first-order chi connectivity index (χ1) is 17.5. The van der Waals surface area contributed by atoms with Crippen molar-refractivity contribution < 1.29 is 30.8 Å². The minimum Gasteiger partial charge on any atom is -0.368 e. The summed E-state index contributed by atoms with van der Waals surface area (Å²) >= 11 is 6.17. The quantitative estimate of drug-likeness (QED) is 0.400. The molecule has 0 bridgehead atoms. The molecule has 1 saturated heterocycles. The Morgan fingerprint density at radius 3 is 2.14 bits per heavy atom. The molecule has 0 aliphatic carbocycles. The van der Waals surface area contributed by atoms with Crippen LogP contribution in [0.2, 0.25) is 5.02 Å². The maximum absolute atomic E-state index is 13.5. The molecular weight excluding hydrogens is 534 g/mol. The lowest BCUT2D eigenvalue weighted by atomic mass is 10.2. The molecule has 0 radical (unpaired) electrons. The molecular formula is C25H22ClF4N3O3S. The van der Waals surface area contributed by atoms with Gasteiger partial charge in [0, 0.05) is 31.9 Å². The molecule has 12 heteroatoms. The average Bonchev–Trinajstić information content (AvgIpc) is 2.88. The molecule has 1 fully saturated rings. The van der Waals surface area contributed by atoms with Crippen LogP contribution in [0.5, 0.6) is 0 Å². The van der Waals surface area contributed by atoms with Gasteiger partial charge in [0.1, 0.15) is 12.4 Å². The summed E-state index contributed by atoms with van der Waals surface area (Å²) in [6.07, 6.45) is -4.75. The molecule has 196 valence electrons. The lowest BCUT2D eigenvalue weighted by Gasteiger charge is -2.37. The summed E-state index contributed by atoms with van der Waals surface area (Å²) in [6, 6.07) is 15.3. The van der Waals surface area contributed by atoms with Crippen LogP contribution in [0.1, 0.15) is 5.56 Å². The normalized spacial score (nSPS) is 14.5. The number of hydrogen-bond acceptors (Lipinski definition) is 4. The van der Waals surface area contributed by atoms with E-state index in [0.29, 0.717) is 23.5 Å². The van der Waals surface area contributed by atoms with Crippen molar-refractivity contribution in [3.8, 4) is 0 Å². The van der Waals surface area contributed by atoms with E-state index in [1.165, 1.54) is 41.3 Å². The molecule has 0 atom stereocenters. The highest BCUT2D eigenvalue weighted by atomic mass is 35.5. The Labute approximate surface area is 216 Å². The number of hydrogen-bond donors (Lipinski definition) is 0. The Balaban J connectivity index is 1.61. The molecule has 1 amide bonds. The molecule has 6 nitrogen and oxygen atoms in total. The van der Waals surface area contributed by atoms with Gasteiger partial charge in [-0.25, -0.2) is 12.8 Å². The summed E-state index contributed by atoms with van der Waals surface area (Å²) in [4.78, 5) is 16.4. The van der Waals surface area contributed by atoms with Crippen LogP contribution in [0.4, 0.5) is 28.9 Å². The number of nitrogens with zero attached hydrogens (tertiary/aromatic N) is 3. The number of anilines is 2. The van der Waals surface area contributed by atoms with E-state index in [0.717, 1.165) is 17.8 Å². The standard InChI is InChI=1S/C25H22ClF4N3O3S/c26-22-11-6-18(25(28,29)30)16-23(22)33(37(35,36)21-4-2-1-3-5-21)17-24(34)32-14-12-31(13-15-32)20-9-7-19(27)8-10-20/h1-11,16H,12-15,17H2. The monoisotopic (exact) mass is 555 g/mol. The summed E-state index contributed by atoms with van der Waals surface area (Å²) in [6.45, 7) is 0.562. The van der Waals surface area contributed by atoms with Crippen molar-refractivity contribution in [1.82, 2.24) is 4.90 Å². The number of carbonyl (C=O) groups excluding carboxylic acids is 1. The summed E-state index contributed by atoms with van der Waals surface area (Å²) < 4.78 is 81.1. The SMILES string of the molecule is O=C(CN(c1cc(C(F)(F)F)ccc1Cl)S(=O)(=O)c1ccccc1)N1CCN(c2ccc(F)cc2)CC1. The van der Waals surface area contributed by atoms with E-state index in [1.807, 2.05) is 4.90 Å². The minimum atomic E-state index is -4.75. The highest BCUT2D eigenvalue weighted by molar-refractivity contribution is 7.92. The van der Waals surface area contributed by atoms with Crippen molar-refractivity contribution in [3.63, 3.8) is 0 Å². The van der Waals surface area contributed by atoms with Crippen LogP contribution in [0.15, 0.2) is 77.7 Å². The Morgan fingerprint density at radius 1 is 0.919 bits per heavy atom. The van der Waals surface area contributed by atoms with Gasteiger partial charge >= 0.3 is 6.18 Å². The number of rotatable bonds is 6. The van der Waals surface area contributed by atoms with Gasteiger partial charge in [-0.3, -0.25) is 9.10 Å². The Kier molecular flexibility index (Phi) is 7.65. The van der Waals surface area contributed by atoms with E-state index in [2.05, 4.69) is 0 Å². The van der Waals surface area contributed by atoms with E-state index in [-0.39, 0.29) is 28.8 Å². The number of halogens is 5. The van der Waals surface area contributed by atoms with Crippen molar-refractivity contribution in [3.05, 3.63) is 89.2 Å². The Hall–Kier alpha value is -3.31. The highest BCUT2D eigenvalue weighted by Crippen LogP contribution is 2.37. The molecule has 3 aromatic rings. The molecule has 37 heavy (non-hydrogen) atoms. The maximum atomic E-state index is 13.5. The Bertz CT molecular complexity index is 1360. The number of amides is 1. The van der Waals surface area contributed by atoms with Crippen molar-refractivity contribution in [1.29, 1.82) is 0 Å². The van der Waals surface area contributed by atoms with Crippen LogP contribution < -0.4 is 9.21 Å². The lowest BCUT2D eigenvalue weighted by Crippen LogP contribution is -2.52. The lowest BCUT2D eigenvalue weighted by molar-refractivity contribution is -0.137. The molecule has 0 aromatic heterocycles. The molecule has 0 spiro atoms. The second-order valence-corrected chi connectivity index (χ2v) is 10.6. The van der Waals surface area contributed by atoms with Crippen LogP contribution in [0.3, 0.4) is 0 Å². The fraction of sp³-hybridized carbons (Fsp3) is 0.240. The van der Waals surface area contributed by atoms with Crippen LogP contribution >= 0.6 is 11.6 Å². The van der Waals surface area contributed by atoms with E-state index in [1.54, 1.807) is 18.2 Å². The minimum absolute atomic E-state index is 0.197. The first-order valence-electron chi connectivity index (χ1n) is 11.2. The maximum Gasteiger partial charge on any atom is 0.416 e. The van der Waals surface area contributed by atoms with Crippen LogP contribution in [0.25, 0.3) is 0 Å². The zero-order valence-corrected chi connectivity index (χ0v) is 20.9. The second kappa shape index (κ2) is 10.6. The molecule has 0 unspecified atom stereocenters. The molecule has 3 aromatic carbocycles. The number of benzene rings is 3. The van der Waals surface area contributed by atoms with Crippen molar-refractivity contribution >= 4 is 38.9 Å². The molecule has 0 N–H and O–H groups in total. The van der Waals surface area contributed by atoms with Gasteiger partial charge < -0.3 is 9.80 Å². The zero-order chi connectivity index (χ0) is 26.8. The average molecular weight is 556 g/mol. The zero-order valence-electron chi connectivity index (χ0n) is 19.3. The fourth-order valence-electron chi connectivity index (χ4n) is 3.99. The van der Waals surface area contributed by atoms with Gasteiger partial charge in [-0.15, -0.1) is 0 Å². The summed E-state index contributed by atoms with van der Waals surface area (Å²) in [5.74, 6) is -0.961. The third-order valence-electron chi connectivity index (χ3n) is 5.98. The van der Waals surface area contributed by atoms with Crippen molar-refractivity contribution in [2.75, 3.05) is 41.9 Å². The first kappa shape index (κ1) is 26.7. The van der Waals surface area contributed by atoms with E-state index in [9.17, 15) is 30.8 Å². The van der Waals surface area contributed by atoms with E-state index >= 15 is 0 Å². The molecule has 4 rings (SSSR count). The van der Waals surface area contributed by atoms with E-state index in [4.69, 9.17) is 11.6 Å². The molecule has 1 heterocycles. The van der Waals surface area contributed by atoms with Gasteiger partial charge in [-0.05, 0) is 54.6 Å². The van der Waals surface area contributed by atoms with Gasteiger partial charge in [0.2, 0.25) is 5.91 Å². The first-order valence-corrected chi connectivity index (χ1v) is 13.0. The van der Waals surface area contributed by atoms with Gasteiger partial charge in [0.15, 0.2) is 0 Å². The molecule has 1 aliphatic heterocycles. The second-order valence-electron chi connectivity index (χ2n) is 8.33.